The Labute approximate surface area is 115 Å². The number of rotatable bonds is 3. The minimum absolute atomic E-state index is 0.0978. The third-order valence-electron chi connectivity index (χ3n) is 3.26. The predicted molar refractivity (Wildman–Crippen MR) is 74.0 cm³/mol. The van der Waals surface area contributed by atoms with E-state index in [0.29, 0.717) is 13.0 Å². The number of carboxylic acids is 1. The summed E-state index contributed by atoms with van der Waals surface area (Å²) in [5.41, 5.74) is -0.279. The third kappa shape index (κ3) is 6.05. The Morgan fingerprint density at radius 1 is 1.21 bits per heavy atom. The molecule has 5 nitrogen and oxygen atoms in total. The van der Waals surface area contributed by atoms with Gasteiger partial charge in [0.1, 0.15) is 6.04 Å². The maximum Gasteiger partial charge on any atom is 0.320 e. The average Bonchev–Trinajstić information content (AvgIpc) is 2.18. The van der Waals surface area contributed by atoms with E-state index < -0.39 is 12.0 Å². The molecule has 0 aromatic carbocycles. The Morgan fingerprint density at radius 3 is 2.42 bits per heavy atom. The van der Waals surface area contributed by atoms with Gasteiger partial charge in [0.05, 0.1) is 6.54 Å². The molecule has 0 radical (unpaired) electrons. The van der Waals surface area contributed by atoms with Gasteiger partial charge >= 0.3 is 5.97 Å². The largest absolute Gasteiger partial charge is 0.480 e. The van der Waals surface area contributed by atoms with Crippen LogP contribution in [0.15, 0.2) is 0 Å². The van der Waals surface area contributed by atoms with Crippen LogP contribution >= 0.6 is 0 Å². The smallest absolute Gasteiger partial charge is 0.320 e. The average molecular weight is 270 g/mol. The molecule has 0 aliphatic carbocycles. The fourth-order valence-electron chi connectivity index (χ4n) is 2.46. The van der Waals surface area contributed by atoms with Gasteiger partial charge in [-0.05, 0) is 40.2 Å². The molecule has 110 valence electrons. The Hall–Kier alpha value is -1.10. The highest BCUT2D eigenvalue weighted by Crippen LogP contribution is 2.16. The van der Waals surface area contributed by atoms with Gasteiger partial charge in [0.25, 0.3) is 0 Å². The molecule has 1 atom stereocenters. The van der Waals surface area contributed by atoms with Gasteiger partial charge in [-0.3, -0.25) is 14.5 Å². The lowest BCUT2D eigenvalue weighted by atomic mass is 10.0. The molecular formula is C14H26N2O3. The van der Waals surface area contributed by atoms with Crippen LogP contribution < -0.4 is 5.32 Å². The number of likely N-dealkylation sites (tertiary alicyclic amines) is 1. The molecule has 0 spiro atoms. The van der Waals surface area contributed by atoms with Crippen LogP contribution in [-0.2, 0) is 9.59 Å². The first-order chi connectivity index (χ1) is 8.79. The molecule has 1 rings (SSSR count). The topological polar surface area (TPSA) is 69.6 Å². The van der Waals surface area contributed by atoms with Gasteiger partial charge in [0, 0.05) is 5.54 Å². The summed E-state index contributed by atoms with van der Waals surface area (Å²) in [6.07, 6.45) is 4.73. The monoisotopic (exact) mass is 270 g/mol. The first-order valence-corrected chi connectivity index (χ1v) is 7.07. The highest BCUT2D eigenvalue weighted by molar-refractivity contribution is 5.80. The zero-order valence-corrected chi connectivity index (χ0v) is 12.2. The van der Waals surface area contributed by atoms with Crippen molar-refractivity contribution in [2.75, 3.05) is 13.1 Å². The summed E-state index contributed by atoms with van der Waals surface area (Å²) < 4.78 is 0. The Morgan fingerprint density at radius 2 is 1.84 bits per heavy atom. The fourth-order valence-corrected chi connectivity index (χ4v) is 2.46. The molecular weight excluding hydrogens is 244 g/mol. The number of nitrogens with one attached hydrogen (secondary N) is 1. The summed E-state index contributed by atoms with van der Waals surface area (Å²) >= 11 is 0. The Balaban J connectivity index is 2.63. The van der Waals surface area contributed by atoms with E-state index in [1.807, 2.05) is 25.7 Å². The van der Waals surface area contributed by atoms with Crippen LogP contribution in [0.3, 0.4) is 0 Å². The number of hydrogen-bond acceptors (Lipinski definition) is 3. The zero-order chi connectivity index (χ0) is 14.5. The van der Waals surface area contributed by atoms with Gasteiger partial charge in [0.2, 0.25) is 5.91 Å². The van der Waals surface area contributed by atoms with E-state index in [1.165, 1.54) is 0 Å². The predicted octanol–water partition coefficient (Wildman–Crippen LogP) is 1.62. The van der Waals surface area contributed by atoms with Crippen molar-refractivity contribution >= 4 is 11.9 Å². The first kappa shape index (κ1) is 16.0. The second-order valence-electron chi connectivity index (χ2n) is 6.33. The number of aliphatic carboxylic acids is 1. The van der Waals surface area contributed by atoms with E-state index in [4.69, 9.17) is 0 Å². The van der Waals surface area contributed by atoms with E-state index in [9.17, 15) is 14.7 Å². The van der Waals surface area contributed by atoms with Crippen LogP contribution in [0.4, 0.5) is 0 Å². The lowest BCUT2D eigenvalue weighted by Gasteiger charge is -2.31. The fraction of sp³-hybridized carbons (Fsp3) is 0.857. The zero-order valence-electron chi connectivity index (χ0n) is 12.2. The van der Waals surface area contributed by atoms with Crippen molar-refractivity contribution in [1.82, 2.24) is 10.2 Å². The van der Waals surface area contributed by atoms with Gasteiger partial charge < -0.3 is 10.4 Å². The maximum atomic E-state index is 11.9. The molecule has 0 saturated carbocycles. The molecule has 1 saturated heterocycles. The Bertz CT molecular complexity index is 323. The maximum absolute atomic E-state index is 11.9. The molecule has 2 N–H and O–H groups in total. The van der Waals surface area contributed by atoms with Gasteiger partial charge in [-0.2, -0.15) is 0 Å². The second kappa shape index (κ2) is 6.89. The molecule has 1 fully saturated rings. The standard InChI is InChI=1S/C14H26N2O3/c1-14(2,3)15-12(17)10-16-9-7-5-4-6-8-11(16)13(18)19/h11H,4-10H2,1-3H3,(H,15,17)(H,18,19). The molecule has 1 aliphatic rings. The molecule has 1 unspecified atom stereocenters. The summed E-state index contributed by atoms with van der Waals surface area (Å²) in [4.78, 5) is 25.1. The normalized spacial score (nSPS) is 22.4. The van der Waals surface area contributed by atoms with E-state index in [2.05, 4.69) is 5.32 Å². The molecule has 0 aromatic rings. The van der Waals surface area contributed by atoms with Crippen molar-refractivity contribution in [2.24, 2.45) is 0 Å². The molecule has 1 amide bonds. The highest BCUT2D eigenvalue weighted by Gasteiger charge is 2.28. The van der Waals surface area contributed by atoms with Gasteiger partial charge in [-0.25, -0.2) is 0 Å². The second-order valence-corrected chi connectivity index (χ2v) is 6.33. The summed E-state index contributed by atoms with van der Waals surface area (Å²) in [5.74, 6) is -0.912. The van der Waals surface area contributed by atoms with Gasteiger partial charge in [0.15, 0.2) is 0 Å². The summed E-state index contributed by atoms with van der Waals surface area (Å²) in [6, 6.07) is -0.522. The lowest BCUT2D eigenvalue weighted by Crippen LogP contribution is -2.50. The lowest BCUT2D eigenvalue weighted by molar-refractivity contribution is -0.144. The van der Waals surface area contributed by atoms with Crippen LogP contribution in [0.1, 0.15) is 52.9 Å². The summed E-state index contributed by atoms with van der Waals surface area (Å²) in [5, 5.41) is 12.2. The van der Waals surface area contributed by atoms with Crippen molar-refractivity contribution in [3.63, 3.8) is 0 Å². The number of carbonyl (C=O) groups excluding carboxylic acids is 1. The van der Waals surface area contributed by atoms with Crippen LogP contribution in [0.2, 0.25) is 0 Å². The van der Waals surface area contributed by atoms with E-state index in [-0.39, 0.29) is 18.0 Å². The van der Waals surface area contributed by atoms with Gasteiger partial charge in [-0.1, -0.05) is 19.3 Å². The molecule has 0 aromatic heterocycles. The van der Waals surface area contributed by atoms with Crippen LogP contribution in [-0.4, -0.2) is 46.6 Å². The SMILES string of the molecule is CC(C)(C)NC(=O)CN1CCCCCCC1C(=O)O. The van der Waals surface area contributed by atoms with Crippen molar-refractivity contribution in [2.45, 2.75) is 64.5 Å². The third-order valence-corrected chi connectivity index (χ3v) is 3.26. The number of carbonyl (C=O) groups is 2. The summed E-state index contributed by atoms with van der Waals surface area (Å²) in [7, 11) is 0. The van der Waals surface area contributed by atoms with Crippen molar-refractivity contribution in [1.29, 1.82) is 0 Å². The van der Waals surface area contributed by atoms with Crippen molar-refractivity contribution in [3.05, 3.63) is 0 Å². The number of amides is 1. The Kier molecular flexibility index (Phi) is 5.79. The van der Waals surface area contributed by atoms with E-state index in [0.717, 1.165) is 25.7 Å². The van der Waals surface area contributed by atoms with E-state index >= 15 is 0 Å². The molecule has 0 bridgehead atoms. The first-order valence-electron chi connectivity index (χ1n) is 7.07. The minimum Gasteiger partial charge on any atom is -0.480 e. The number of carboxylic acid groups (broad SMARTS) is 1. The molecule has 5 heteroatoms. The number of hydrogen-bond donors (Lipinski definition) is 2. The molecule has 19 heavy (non-hydrogen) atoms. The summed E-state index contributed by atoms with van der Waals surface area (Å²) in [6.45, 7) is 6.63. The van der Waals surface area contributed by atoms with Gasteiger partial charge in [-0.15, -0.1) is 0 Å². The minimum atomic E-state index is -0.814. The quantitative estimate of drug-likeness (QED) is 0.817. The van der Waals surface area contributed by atoms with Crippen LogP contribution in [0.25, 0.3) is 0 Å². The molecule has 1 aliphatic heterocycles. The van der Waals surface area contributed by atoms with E-state index in [1.54, 1.807) is 0 Å². The van der Waals surface area contributed by atoms with Crippen molar-refractivity contribution < 1.29 is 14.7 Å². The number of nitrogens with zero attached hydrogens (tertiary/aromatic N) is 1. The van der Waals surface area contributed by atoms with Crippen LogP contribution in [0.5, 0.6) is 0 Å². The highest BCUT2D eigenvalue weighted by atomic mass is 16.4. The molecule has 1 heterocycles. The van der Waals surface area contributed by atoms with Crippen molar-refractivity contribution in [3.8, 4) is 0 Å². The van der Waals surface area contributed by atoms with Crippen LogP contribution in [0, 0.1) is 0 Å².